The molecule has 4 aromatic carbocycles. The van der Waals surface area contributed by atoms with E-state index in [4.69, 9.17) is 4.74 Å². The molecule has 0 aliphatic carbocycles. The van der Waals surface area contributed by atoms with Crippen LogP contribution in [0.1, 0.15) is 16.7 Å². The van der Waals surface area contributed by atoms with Crippen LogP contribution in [0.2, 0.25) is 0 Å². The summed E-state index contributed by atoms with van der Waals surface area (Å²) in [6, 6.07) is 28.1. The maximum absolute atomic E-state index is 10.8. The first kappa shape index (κ1) is 21.3. The fourth-order valence-corrected chi connectivity index (χ4v) is 3.71. The SMILES string of the molecule is N#CC(=Cc1cc(Br)ccc1OCc1ccc([N+](=O)[O-])cc1)c1ccc2ccccc2c1. The molecule has 0 amide bonds. The van der Waals surface area contributed by atoms with Gasteiger partial charge in [-0.05, 0) is 64.4 Å². The molecule has 0 unspecified atom stereocenters. The number of nitro groups is 1. The Hall–Kier alpha value is -3.95. The van der Waals surface area contributed by atoms with E-state index in [2.05, 4.69) is 22.0 Å². The Morgan fingerprint density at radius 1 is 1.00 bits per heavy atom. The van der Waals surface area contributed by atoms with Crippen LogP contribution < -0.4 is 4.74 Å². The molecule has 5 nitrogen and oxygen atoms in total. The lowest BCUT2D eigenvalue weighted by Gasteiger charge is -2.11. The largest absolute Gasteiger partial charge is 0.488 e. The molecule has 0 saturated carbocycles. The average molecular weight is 485 g/mol. The van der Waals surface area contributed by atoms with Crippen molar-refractivity contribution in [3.05, 3.63) is 116 Å². The summed E-state index contributed by atoms with van der Waals surface area (Å²) < 4.78 is 6.85. The van der Waals surface area contributed by atoms with Gasteiger partial charge in [-0.15, -0.1) is 0 Å². The molecule has 4 rings (SSSR count). The quantitative estimate of drug-likeness (QED) is 0.126. The van der Waals surface area contributed by atoms with Crippen LogP contribution in [0.4, 0.5) is 5.69 Å². The van der Waals surface area contributed by atoms with Gasteiger partial charge in [0.1, 0.15) is 12.4 Å². The van der Waals surface area contributed by atoms with Crippen LogP contribution in [-0.4, -0.2) is 4.92 Å². The summed E-state index contributed by atoms with van der Waals surface area (Å²) in [7, 11) is 0. The highest BCUT2D eigenvalue weighted by Crippen LogP contribution is 2.29. The number of benzene rings is 4. The van der Waals surface area contributed by atoms with E-state index in [0.29, 0.717) is 11.3 Å². The van der Waals surface area contributed by atoms with E-state index >= 15 is 0 Å². The minimum absolute atomic E-state index is 0.0371. The van der Waals surface area contributed by atoms with Gasteiger partial charge in [-0.25, -0.2) is 0 Å². The Labute approximate surface area is 193 Å². The van der Waals surface area contributed by atoms with Crippen LogP contribution in [-0.2, 0) is 6.61 Å². The van der Waals surface area contributed by atoms with Crippen molar-refractivity contribution < 1.29 is 9.66 Å². The minimum atomic E-state index is -0.432. The first-order valence-electron chi connectivity index (χ1n) is 9.80. The Morgan fingerprint density at radius 2 is 1.75 bits per heavy atom. The van der Waals surface area contributed by atoms with Crippen molar-refractivity contribution in [2.45, 2.75) is 6.61 Å². The number of nitrogens with zero attached hydrogens (tertiary/aromatic N) is 2. The van der Waals surface area contributed by atoms with Crippen molar-refractivity contribution in [1.82, 2.24) is 0 Å². The van der Waals surface area contributed by atoms with Crippen LogP contribution in [0.5, 0.6) is 5.75 Å². The number of nitro benzene ring substituents is 1. The number of fused-ring (bicyclic) bond motifs is 1. The number of ether oxygens (including phenoxy) is 1. The molecule has 0 N–H and O–H groups in total. The summed E-state index contributed by atoms with van der Waals surface area (Å²) >= 11 is 3.48. The van der Waals surface area contributed by atoms with Crippen LogP contribution >= 0.6 is 15.9 Å². The zero-order chi connectivity index (χ0) is 22.5. The van der Waals surface area contributed by atoms with Crippen molar-refractivity contribution in [3.8, 4) is 11.8 Å². The highest BCUT2D eigenvalue weighted by Gasteiger charge is 2.09. The molecule has 0 fully saturated rings. The van der Waals surface area contributed by atoms with Gasteiger partial charge in [0, 0.05) is 22.2 Å². The van der Waals surface area contributed by atoms with Gasteiger partial charge in [-0.1, -0.05) is 52.3 Å². The average Bonchev–Trinajstić information content (AvgIpc) is 2.82. The predicted molar refractivity (Wildman–Crippen MR) is 129 cm³/mol. The second-order valence-electron chi connectivity index (χ2n) is 7.13. The highest BCUT2D eigenvalue weighted by atomic mass is 79.9. The van der Waals surface area contributed by atoms with E-state index in [1.807, 2.05) is 60.7 Å². The van der Waals surface area contributed by atoms with Gasteiger partial charge in [-0.2, -0.15) is 5.26 Å². The molecular weight excluding hydrogens is 468 g/mol. The lowest BCUT2D eigenvalue weighted by molar-refractivity contribution is -0.384. The lowest BCUT2D eigenvalue weighted by Crippen LogP contribution is -1.98. The Morgan fingerprint density at radius 3 is 2.47 bits per heavy atom. The van der Waals surface area contributed by atoms with Gasteiger partial charge >= 0.3 is 0 Å². The molecule has 0 aliphatic heterocycles. The number of non-ortho nitro benzene ring substituents is 1. The second kappa shape index (κ2) is 9.46. The van der Waals surface area contributed by atoms with E-state index in [1.54, 1.807) is 18.2 Å². The molecule has 32 heavy (non-hydrogen) atoms. The predicted octanol–water partition coefficient (Wildman–Crippen LogP) is 7.15. The normalized spacial score (nSPS) is 11.2. The number of rotatable bonds is 6. The maximum Gasteiger partial charge on any atom is 0.269 e. The van der Waals surface area contributed by atoms with Crippen LogP contribution in [0.25, 0.3) is 22.4 Å². The lowest BCUT2D eigenvalue weighted by atomic mass is 10.00. The summed E-state index contributed by atoms with van der Waals surface area (Å²) in [5.74, 6) is 0.611. The molecule has 156 valence electrons. The summed E-state index contributed by atoms with van der Waals surface area (Å²) in [5, 5.41) is 22.8. The van der Waals surface area contributed by atoms with E-state index in [9.17, 15) is 15.4 Å². The van der Waals surface area contributed by atoms with E-state index in [-0.39, 0.29) is 12.3 Å². The second-order valence-corrected chi connectivity index (χ2v) is 8.04. The van der Waals surface area contributed by atoms with Gasteiger partial charge in [0.05, 0.1) is 16.6 Å². The van der Waals surface area contributed by atoms with Crippen LogP contribution in [0.15, 0.2) is 89.4 Å². The summed E-state index contributed by atoms with van der Waals surface area (Å²) in [4.78, 5) is 10.4. The molecule has 0 atom stereocenters. The van der Waals surface area contributed by atoms with Gasteiger partial charge in [0.25, 0.3) is 5.69 Å². The zero-order valence-corrected chi connectivity index (χ0v) is 18.5. The van der Waals surface area contributed by atoms with Crippen LogP contribution in [0.3, 0.4) is 0 Å². The third kappa shape index (κ3) is 4.85. The van der Waals surface area contributed by atoms with Gasteiger partial charge in [-0.3, -0.25) is 10.1 Å². The van der Waals surface area contributed by atoms with Gasteiger partial charge in [0.15, 0.2) is 0 Å². The molecule has 0 aliphatic rings. The number of allylic oxidation sites excluding steroid dienone is 1. The van der Waals surface area contributed by atoms with Gasteiger partial charge in [0.2, 0.25) is 0 Å². The number of hydrogen-bond acceptors (Lipinski definition) is 4. The fraction of sp³-hybridized carbons (Fsp3) is 0.0385. The molecule has 0 bridgehead atoms. The molecule has 0 spiro atoms. The highest BCUT2D eigenvalue weighted by molar-refractivity contribution is 9.10. The van der Waals surface area contributed by atoms with E-state index in [0.717, 1.165) is 31.9 Å². The first-order valence-corrected chi connectivity index (χ1v) is 10.6. The van der Waals surface area contributed by atoms with Gasteiger partial charge < -0.3 is 4.74 Å². The summed E-state index contributed by atoms with van der Waals surface area (Å²) in [6.45, 7) is 0.248. The molecule has 0 heterocycles. The standard InChI is InChI=1S/C26H17BrN2O3/c27-24-9-12-26(32-17-18-5-10-25(11-6-18)29(30)31)22(15-24)14-23(16-28)21-8-7-19-3-1-2-4-20(19)13-21/h1-15H,17H2. The number of nitriles is 1. The maximum atomic E-state index is 10.8. The Kier molecular flexibility index (Phi) is 6.29. The molecule has 0 aromatic heterocycles. The molecule has 6 heteroatoms. The summed E-state index contributed by atoms with van der Waals surface area (Å²) in [5.41, 5.74) is 2.95. The fourth-order valence-electron chi connectivity index (χ4n) is 3.33. The number of halogens is 1. The molecule has 4 aromatic rings. The Bertz CT molecular complexity index is 1370. The van der Waals surface area contributed by atoms with Crippen molar-refractivity contribution in [2.24, 2.45) is 0 Å². The van der Waals surface area contributed by atoms with Crippen molar-refractivity contribution in [2.75, 3.05) is 0 Å². The third-order valence-electron chi connectivity index (χ3n) is 4.99. The third-order valence-corrected chi connectivity index (χ3v) is 5.49. The first-order chi connectivity index (χ1) is 15.5. The molecular formula is C26H17BrN2O3. The van der Waals surface area contributed by atoms with Crippen molar-refractivity contribution in [1.29, 1.82) is 5.26 Å². The monoisotopic (exact) mass is 484 g/mol. The van der Waals surface area contributed by atoms with Crippen LogP contribution in [0, 0.1) is 21.4 Å². The Balaban J connectivity index is 1.63. The zero-order valence-electron chi connectivity index (χ0n) is 16.9. The summed E-state index contributed by atoms with van der Waals surface area (Å²) in [6.07, 6.45) is 1.81. The topological polar surface area (TPSA) is 76.2 Å². The van der Waals surface area contributed by atoms with Crippen molar-refractivity contribution in [3.63, 3.8) is 0 Å². The van der Waals surface area contributed by atoms with E-state index in [1.165, 1.54) is 12.1 Å². The molecule has 0 radical (unpaired) electrons. The smallest absolute Gasteiger partial charge is 0.269 e. The number of hydrogen-bond donors (Lipinski definition) is 0. The van der Waals surface area contributed by atoms with E-state index < -0.39 is 4.92 Å². The minimum Gasteiger partial charge on any atom is -0.488 e. The van der Waals surface area contributed by atoms with Crippen molar-refractivity contribution >= 4 is 44.0 Å². The molecule has 0 saturated heterocycles.